The fourth-order valence-corrected chi connectivity index (χ4v) is 5.86. The zero-order valence-electron chi connectivity index (χ0n) is 9.93. The van der Waals surface area contributed by atoms with Crippen molar-refractivity contribution in [3.63, 3.8) is 0 Å². The van der Waals surface area contributed by atoms with Gasteiger partial charge in [0.05, 0.1) is 4.92 Å². The first-order chi connectivity index (χ1) is 9.00. The largest absolute Gasteiger partial charge is 0.386 e. The first kappa shape index (κ1) is 14.3. The van der Waals surface area contributed by atoms with Gasteiger partial charge in [0.2, 0.25) is 0 Å². The third kappa shape index (κ3) is 3.07. The summed E-state index contributed by atoms with van der Waals surface area (Å²) in [5.74, 6) is 0.862. The van der Waals surface area contributed by atoms with E-state index in [9.17, 15) is 23.6 Å². The molecule has 0 aliphatic carbocycles. The maximum absolute atomic E-state index is 11.8. The Morgan fingerprint density at radius 2 is 1.74 bits per heavy atom. The zero-order chi connectivity index (χ0) is 14.0. The molecule has 3 atom stereocenters. The fraction of sp³-hybridized carbons (Fsp3) is 0.455. The monoisotopic (exact) mass is 303 g/mol. The van der Waals surface area contributed by atoms with Crippen LogP contribution in [0.15, 0.2) is 24.3 Å². The van der Waals surface area contributed by atoms with Gasteiger partial charge in [0.25, 0.3) is 5.69 Å². The molecule has 2 rings (SSSR count). The summed E-state index contributed by atoms with van der Waals surface area (Å²) in [6, 6.07) is 5.36. The minimum absolute atomic E-state index is 0.0816. The molecule has 1 aromatic rings. The molecule has 1 aliphatic heterocycles. The predicted octanol–water partition coefficient (Wildman–Crippen LogP) is 0.855. The van der Waals surface area contributed by atoms with Gasteiger partial charge >= 0.3 is 0 Å². The first-order valence-electron chi connectivity index (χ1n) is 5.67. The van der Waals surface area contributed by atoms with Crippen LogP contribution in [-0.2, 0) is 21.6 Å². The van der Waals surface area contributed by atoms with Crippen LogP contribution >= 0.6 is 0 Å². The molecule has 6 nitrogen and oxygen atoms in total. The summed E-state index contributed by atoms with van der Waals surface area (Å²) in [6.07, 6.45) is -0.495. The van der Waals surface area contributed by atoms with E-state index in [0.717, 1.165) is 0 Å². The molecule has 104 valence electrons. The topological polar surface area (TPSA) is 97.5 Å². The van der Waals surface area contributed by atoms with Crippen LogP contribution in [0.1, 0.15) is 18.1 Å². The number of hydrogen-bond donors (Lipinski definition) is 1. The molecule has 8 heteroatoms. The number of non-ortho nitro benzene ring substituents is 1. The first-order valence-corrected chi connectivity index (χ1v) is 8.44. The highest BCUT2D eigenvalue weighted by Gasteiger charge is 2.35. The summed E-state index contributed by atoms with van der Waals surface area (Å²) < 4.78 is 22.9. The van der Waals surface area contributed by atoms with Crippen molar-refractivity contribution in [2.75, 3.05) is 11.5 Å². The molecule has 19 heavy (non-hydrogen) atoms. The van der Waals surface area contributed by atoms with Crippen LogP contribution in [-0.4, -0.2) is 34.5 Å². The van der Waals surface area contributed by atoms with E-state index in [2.05, 4.69) is 0 Å². The number of nitrogens with zero attached hydrogens (tertiary/aromatic N) is 1. The van der Waals surface area contributed by atoms with Crippen molar-refractivity contribution in [1.82, 2.24) is 0 Å². The van der Waals surface area contributed by atoms with E-state index in [1.54, 1.807) is 0 Å². The van der Waals surface area contributed by atoms with Gasteiger partial charge in [0.1, 0.15) is 10.7 Å². The molecule has 2 unspecified atom stereocenters. The molecule has 1 heterocycles. The third-order valence-electron chi connectivity index (χ3n) is 2.91. The van der Waals surface area contributed by atoms with Crippen molar-refractivity contribution in [1.29, 1.82) is 0 Å². The summed E-state index contributed by atoms with van der Waals surface area (Å²) in [5, 5.41) is 20.7. The second-order valence-corrected chi connectivity index (χ2v) is 7.84. The van der Waals surface area contributed by atoms with Crippen LogP contribution in [0.2, 0.25) is 0 Å². The van der Waals surface area contributed by atoms with Crippen molar-refractivity contribution >= 4 is 27.3 Å². The minimum Gasteiger partial charge on any atom is -0.386 e. The van der Waals surface area contributed by atoms with Crippen molar-refractivity contribution in [2.24, 2.45) is 0 Å². The zero-order valence-corrected chi connectivity index (χ0v) is 11.6. The molecule has 1 fully saturated rings. The average molecular weight is 303 g/mol. The SMILES string of the molecule is O=[N+]([O-])c1ccc([C@H](O)C2S(=O)CCCS2=O)cc1. The lowest BCUT2D eigenvalue weighted by molar-refractivity contribution is -0.384. The van der Waals surface area contributed by atoms with Gasteiger partial charge in [0.15, 0.2) is 0 Å². The normalized spacial score (nSPS) is 28.8. The third-order valence-corrected chi connectivity index (χ3v) is 7.13. The Morgan fingerprint density at radius 1 is 1.21 bits per heavy atom. The lowest BCUT2D eigenvalue weighted by Crippen LogP contribution is -2.35. The van der Waals surface area contributed by atoms with Crippen LogP contribution in [0, 0.1) is 10.1 Å². The lowest BCUT2D eigenvalue weighted by Gasteiger charge is -2.25. The minimum atomic E-state index is -1.34. The highest BCUT2D eigenvalue weighted by molar-refractivity contribution is 8.03. The Balaban J connectivity index is 2.22. The number of nitro groups is 1. The van der Waals surface area contributed by atoms with Gasteiger partial charge in [-0.2, -0.15) is 0 Å². The smallest absolute Gasteiger partial charge is 0.269 e. The van der Waals surface area contributed by atoms with Gasteiger partial charge in [-0.3, -0.25) is 18.5 Å². The fourth-order valence-electron chi connectivity index (χ4n) is 1.93. The van der Waals surface area contributed by atoms with Crippen LogP contribution in [0.5, 0.6) is 0 Å². The van der Waals surface area contributed by atoms with Crippen LogP contribution in [0.25, 0.3) is 0 Å². The van der Waals surface area contributed by atoms with Gasteiger partial charge in [0, 0.05) is 45.2 Å². The van der Waals surface area contributed by atoms with Crippen molar-refractivity contribution < 1.29 is 18.4 Å². The molecular weight excluding hydrogens is 290 g/mol. The number of benzene rings is 1. The number of rotatable bonds is 3. The molecule has 0 bridgehead atoms. The molecule has 0 spiro atoms. The average Bonchev–Trinajstić information content (AvgIpc) is 2.38. The summed E-state index contributed by atoms with van der Waals surface area (Å²) >= 11 is 0. The van der Waals surface area contributed by atoms with Gasteiger partial charge in [-0.15, -0.1) is 0 Å². The standard InChI is InChI=1S/C11H13NO5S2/c13-10(11-18(16)6-1-7-19(11)17)8-2-4-9(5-3-8)12(14)15/h2-5,10-11,13H,1,6-7H2/t10-,11?,18?,19?/m0/s1. The van der Waals surface area contributed by atoms with Gasteiger partial charge in [-0.25, -0.2) is 0 Å². The molecular formula is C11H13NO5S2. The molecule has 0 radical (unpaired) electrons. The summed E-state index contributed by atoms with van der Waals surface area (Å²) in [4.78, 5) is 10.00. The Morgan fingerprint density at radius 3 is 2.21 bits per heavy atom. The molecule has 1 aromatic carbocycles. The highest BCUT2D eigenvalue weighted by Crippen LogP contribution is 2.28. The molecule has 0 aromatic heterocycles. The van der Waals surface area contributed by atoms with Gasteiger partial charge in [-0.05, 0) is 24.1 Å². The van der Waals surface area contributed by atoms with E-state index in [4.69, 9.17) is 0 Å². The Bertz CT molecular complexity index is 514. The van der Waals surface area contributed by atoms with E-state index in [-0.39, 0.29) is 5.69 Å². The Kier molecular flexibility index (Phi) is 4.43. The van der Waals surface area contributed by atoms with Gasteiger partial charge in [-0.1, -0.05) is 0 Å². The van der Waals surface area contributed by atoms with E-state index in [0.29, 0.717) is 23.5 Å². The van der Waals surface area contributed by atoms with E-state index >= 15 is 0 Å². The second-order valence-electron chi connectivity index (χ2n) is 4.19. The summed E-state index contributed by atoms with van der Waals surface area (Å²) in [6.45, 7) is 0. The molecule has 0 saturated carbocycles. The molecule has 1 aliphatic rings. The van der Waals surface area contributed by atoms with Crippen molar-refractivity contribution in [2.45, 2.75) is 17.1 Å². The summed E-state index contributed by atoms with van der Waals surface area (Å²) in [7, 11) is -2.67. The molecule has 0 amide bonds. The second kappa shape index (κ2) is 5.89. The Labute approximate surface area is 114 Å². The maximum Gasteiger partial charge on any atom is 0.269 e. The summed E-state index contributed by atoms with van der Waals surface area (Å²) in [5.41, 5.74) is 0.320. The van der Waals surface area contributed by atoms with E-state index in [1.807, 2.05) is 0 Å². The highest BCUT2D eigenvalue weighted by atomic mass is 32.2. The number of aliphatic hydroxyl groups excluding tert-OH is 1. The quantitative estimate of drug-likeness (QED) is 0.659. The molecule has 1 saturated heterocycles. The van der Waals surface area contributed by atoms with Crippen molar-refractivity contribution in [3.05, 3.63) is 39.9 Å². The Hall–Kier alpha value is -1.12. The lowest BCUT2D eigenvalue weighted by atomic mass is 10.1. The number of nitro benzene ring substituents is 1. The maximum atomic E-state index is 11.8. The van der Waals surface area contributed by atoms with Crippen LogP contribution in [0.3, 0.4) is 0 Å². The van der Waals surface area contributed by atoms with Crippen LogP contribution in [0.4, 0.5) is 5.69 Å². The number of aliphatic hydroxyl groups is 1. The van der Waals surface area contributed by atoms with E-state index < -0.39 is 37.2 Å². The predicted molar refractivity (Wildman–Crippen MR) is 72.5 cm³/mol. The van der Waals surface area contributed by atoms with E-state index in [1.165, 1.54) is 24.3 Å². The van der Waals surface area contributed by atoms with Crippen molar-refractivity contribution in [3.8, 4) is 0 Å². The molecule has 1 N–H and O–H groups in total. The van der Waals surface area contributed by atoms with Crippen LogP contribution < -0.4 is 0 Å². The van der Waals surface area contributed by atoms with Gasteiger partial charge < -0.3 is 5.11 Å². The number of hydrogen-bond acceptors (Lipinski definition) is 5.